The summed E-state index contributed by atoms with van der Waals surface area (Å²) >= 11 is 0. The molecule has 2 aliphatic heterocycles. The van der Waals surface area contributed by atoms with Crippen molar-refractivity contribution in [2.24, 2.45) is 14.9 Å². The summed E-state index contributed by atoms with van der Waals surface area (Å²) < 4.78 is 35.3. The van der Waals surface area contributed by atoms with Crippen LogP contribution >= 0.6 is 0 Å². The first-order valence-corrected chi connectivity index (χ1v) is 11.9. The van der Waals surface area contributed by atoms with E-state index in [1.165, 1.54) is 20.4 Å². The van der Waals surface area contributed by atoms with Crippen LogP contribution < -0.4 is 20.5 Å². The van der Waals surface area contributed by atoms with Gasteiger partial charge in [-0.25, -0.2) is 18.8 Å². The number of hydrogen-bond donors (Lipinski definition) is 3. The van der Waals surface area contributed by atoms with Crippen molar-refractivity contribution in [2.75, 3.05) is 20.8 Å². The van der Waals surface area contributed by atoms with Crippen molar-refractivity contribution in [3.63, 3.8) is 0 Å². The van der Waals surface area contributed by atoms with E-state index in [-0.39, 0.29) is 16.2 Å². The average Bonchev–Trinajstić information content (AvgIpc) is 3.22. The molecule has 4 heterocycles. The Morgan fingerprint density at radius 1 is 1.32 bits per heavy atom. The first kappa shape index (κ1) is 23.7. The third-order valence-electron chi connectivity index (χ3n) is 5.35. The van der Waals surface area contributed by atoms with Crippen LogP contribution in [0.15, 0.2) is 58.0 Å². The number of nitrogens with zero attached hydrogens (tertiary/aromatic N) is 4. The number of dihydropyridines is 1. The number of nitrogens with two attached hydrogens (primary N) is 1. The number of nitrogens with one attached hydrogen (secondary N) is 2. The van der Waals surface area contributed by atoms with Crippen LogP contribution in [0.3, 0.4) is 0 Å². The molecule has 182 valence electrons. The second-order valence-electron chi connectivity index (χ2n) is 8.58. The summed E-state index contributed by atoms with van der Waals surface area (Å²) in [5.74, 6) is -1.02. The van der Waals surface area contributed by atoms with Crippen LogP contribution in [0.2, 0.25) is 0 Å². The Balaban J connectivity index is 1.67. The van der Waals surface area contributed by atoms with Crippen molar-refractivity contribution in [1.29, 1.82) is 0 Å². The largest absolute Gasteiger partial charge is 0.482 e. The standard InChI is InChI=1S/C21H27N7O5S/c1-20(2)12-28-18(33-13-20)16(11-24-28)34(22,30)27-19(29)26-21(32-4)15(5-6-17(25-21)31-3)14-7-9-23-10-8-14/h5-11,25H,12-13H2,1-4H3,(H3,22,26,27,29,30). The molecule has 2 aromatic rings. The summed E-state index contributed by atoms with van der Waals surface area (Å²) in [7, 11) is -0.826. The van der Waals surface area contributed by atoms with Gasteiger partial charge < -0.3 is 19.5 Å². The van der Waals surface area contributed by atoms with E-state index in [0.29, 0.717) is 30.2 Å². The molecule has 4 N–H and O–H groups in total. The zero-order valence-corrected chi connectivity index (χ0v) is 20.1. The molecule has 0 bridgehead atoms. The molecule has 2 amide bonds. The molecular weight excluding hydrogens is 462 g/mol. The first-order chi connectivity index (χ1) is 16.1. The number of amides is 2. The van der Waals surface area contributed by atoms with Gasteiger partial charge in [-0.1, -0.05) is 13.8 Å². The summed E-state index contributed by atoms with van der Waals surface area (Å²) in [6.07, 6.45) is 7.93. The highest BCUT2D eigenvalue weighted by molar-refractivity contribution is 7.91. The second-order valence-corrected chi connectivity index (χ2v) is 10.3. The maximum Gasteiger partial charge on any atom is 0.354 e. The molecule has 4 rings (SSSR count). The molecule has 0 saturated carbocycles. The normalized spacial score (nSPS) is 22.6. The van der Waals surface area contributed by atoms with Gasteiger partial charge in [0.05, 0.1) is 26.5 Å². The SMILES string of the molecule is COC1=CC=C(c2ccncc2)C(NC(=O)N=S(N)(=O)c2cnn3c2OCC(C)(C)C3)(OC)N1. The van der Waals surface area contributed by atoms with Crippen molar-refractivity contribution in [3.05, 3.63) is 54.3 Å². The molecule has 0 spiro atoms. The van der Waals surface area contributed by atoms with Gasteiger partial charge in [-0.2, -0.15) is 5.10 Å². The predicted molar refractivity (Wildman–Crippen MR) is 123 cm³/mol. The number of allylic oxidation sites excluding steroid dienone is 2. The lowest BCUT2D eigenvalue weighted by atomic mass is 9.94. The van der Waals surface area contributed by atoms with Gasteiger partial charge in [0, 0.05) is 30.5 Å². The lowest BCUT2D eigenvalue weighted by molar-refractivity contribution is -0.0123. The Morgan fingerprint density at radius 3 is 2.74 bits per heavy atom. The molecule has 13 heteroatoms. The monoisotopic (exact) mass is 489 g/mol. The van der Waals surface area contributed by atoms with E-state index in [1.54, 1.807) is 41.4 Å². The topological polar surface area (TPSA) is 155 Å². The Bertz CT molecular complexity index is 1280. The van der Waals surface area contributed by atoms with E-state index < -0.39 is 21.8 Å². The summed E-state index contributed by atoms with van der Waals surface area (Å²) in [6, 6.07) is 2.52. The lowest BCUT2D eigenvalue weighted by Gasteiger charge is -2.38. The highest BCUT2D eigenvalue weighted by Gasteiger charge is 2.40. The first-order valence-electron chi connectivity index (χ1n) is 10.3. The quantitative estimate of drug-likeness (QED) is 0.535. The van der Waals surface area contributed by atoms with Gasteiger partial charge in [-0.3, -0.25) is 10.3 Å². The number of carbonyl (C=O) groups is 1. The Hall–Kier alpha value is -3.42. The number of aromatic nitrogens is 3. The molecular formula is C21H27N7O5S. The molecule has 0 aromatic carbocycles. The Labute approximate surface area is 197 Å². The predicted octanol–water partition coefficient (Wildman–Crippen LogP) is 1.58. The molecule has 0 aliphatic carbocycles. The molecule has 0 radical (unpaired) electrons. The minimum Gasteiger partial charge on any atom is -0.482 e. The molecule has 2 atom stereocenters. The summed E-state index contributed by atoms with van der Waals surface area (Å²) in [4.78, 5) is 17.1. The summed E-state index contributed by atoms with van der Waals surface area (Å²) in [6.45, 7) is 4.98. The van der Waals surface area contributed by atoms with Gasteiger partial charge in [0.2, 0.25) is 5.88 Å². The third kappa shape index (κ3) is 4.49. The van der Waals surface area contributed by atoms with Crippen LogP contribution in [-0.2, 0) is 25.9 Å². The van der Waals surface area contributed by atoms with Crippen LogP contribution in [-0.4, -0.2) is 51.7 Å². The van der Waals surface area contributed by atoms with E-state index in [9.17, 15) is 9.00 Å². The molecule has 0 saturated heterocycles. The lowest BCUT2D eigenvalue weighted by Crippen LogP contribution is -2.61. The van der Waals surface area contributed by atoms with Crippen molar-refractivity contribution < 1.29 is 23.2 Å². The number of rotatable bonds is 5. The van der Waals surface area contributed by atoms with Gasteiger partial charge >= 0.3 is 6.03 Å². The van der Waals surface area contributed by atoms with E-state index in [4.69, 9.17) is 19.3 Å². The fraction of sp³-hybridized carbons (Fsp3) is 0.381. The van der Waals surface area contributed by atoms with Crippen molar-refractivity contribution in [3.8, 4) is 5.88 Å². The fourth-order valence-corrected chi connectivity index (χ4v) is 4.70. The zero-order chi connectivity index (χ0) is 24.6. The smallest absolute Gasteiger partial charge is 0.354 e. The number of carbonyl (C=O) groups excluding carboxylic acids is 1. The molecule has 2 aliphatic rings. The Kier molecular flexibility index (Phi) is 6.10. The number of fused-ring (bicyclic) bond motifs is 1. The maximum atomic E-state index is 13.3. The number of methoxy groups -OCH3 is 2. The summed E-state index contributed by atoms with van der Waals surface area (Å²) in [5, 5.41) is 15.8. The minimum absolute atomic E-state index is 0.0450. The minimum atomic E-state index is -3.69. The maximum absolute atomic E-state index is 13.3. The van der Waals surface area contributed by atoms with Gasteiger partial charge in [-0.15, -0.1) is 4.36 Å². The van der Waals surface area contributed by atoms with Gasteiger partial charge in [-0.05, 0) is 29.8 Å². The van der Waals surface area contributed by atoms with Crippen molar-refractivity contribution in [2.45, 2.75) is 31.1 Å². The van der Waals surface area contributed by atoms with Gasteiger partial charge in [0.25, 0.3) is 5.85 Å². The number of pyridine rings is 1. The van der Waals surface area contributed by atoms with Crippen LogP contribution in [0.25, 0.3) is 5.57 Å². The number of ether oxygens (including phenoxy) is 3. The molecule has 0 fully saturated rings. The third-order valence-corrected chi connectivity index (χ3v) is 6.70. The van der Waals surface area contributed by atoms with E-state index in [1.807, 2.05) is 13.8 Å². The van der Waals surface area contributed by atoms with Crippen molar-refractivity contribution >= 4 is 21.5 Å². The zero-order valence-electron chi connectivity index (χ0n) is 19.3. The van der Waals surface area contributed by atoms with Crippen LogP contribution in [0.1, 0.15) is 19.4 Å². The fourth-order valence-electron chi connectivity index (χ4n) is 3.70. The van der Waals surface area contributed by atoms with Crippen LogP contribution in [0.4, 0.5) is 4.79 Å². The Morgan fingerprint density at radius 2 is 2.06 bits per heavy atom. The highest BCUT2D eigenvalue weighted by atomic mass is 32.2. The molecule has 12 nitrogen and oxygen atoms in total. The van der Waals surface area contributed by atoms with Gasteiger partial charge in [0.1, 0.15) is 4.90 Å². The molecule has 34 heavy (non-hydrogen) atoms. The highest BCUT2D eigenvalue weighted by Crippen LogP contribution is 2.34. The van der Waals surface area contributed by atoms with Crippen molar-refractivity contribution in [1.82, 2.24) is 25.4 Å². The second kappa shape index (κ2) is 8.74. The van der Waals surface area contributed by atoms with Crippen LogP contribution in [0.5, 0.6) is 5.88 Å². The number of urea groups is 1. The molecule has 2 aromatic heterocycles. The van der Waals surface area contributed by atoms with Crippen LogP contribution in [0, 0.1) is 5.41 Å². The van der Waals surface area contributed by atoms with E-state index >= 15 is 0 Å². The average molecular weight is 490 g/mol. The van der Waals surface area contributed by atoms with E-state index in [2.05, 4.69) is 25.1 Å². The van der Waals surface area contributed by atoms with Gasteiger partial charge in [0.15, 0.2) is 15.8 Å². The number of hydrogen-bond acceptors (Lipinski definition) is 8. The van der Waals surface area contributed by atoms with E-state index in [0.717, 1.165) is 0 Å². The molecule has 2 unspecified atom stereocenters. The summed E-state index contributed by atoms with van der Waals surface area (Å²) in [5.41, 5.74) is 1.10.